The van der Waals surface area contributed by atoms with Crippen LogP contribution in [0.1, 0.15) is 24.2 Å². The summed E-state index contributed by atoms with van der Waals surface area (Å²) < 4.78 is 0. The number of hydrogen-bond acceptors (Lipinski definition) is 2. The van der Waals surface area contributed by atoms with Gasteiger partial charge in [-0.15, -0.1) is 0 Å². The van der Waals surface area contributed by atoms with Gasteiger partial charge in [-0.25, -0.2) is 4.79 Å². The highest BCUT2D eigenvalue weighted by atomic mass is 16.4. The fourth-order valence-electron chi connectivity index (χ4n) is 1.44. The highest BCUT2D eigenvalue weighted by Gasteiger charge is 2.02. The van der Waals surface area contributed by atoms with Crippen LogP contribution in [0, 0.1) is 0 Å². The topological polar surface area (TPSA) is 49.3 Å². The summed E-state index contributed by atoms with van der Waals surface area (Å²) in [7, 11) is 0. The van der Waals surface area contributed by atoms with Gasteiger partial charge in [-0.3, -0.25) is 0 Å². The Morgan fingerprint density at radius 2 is 2.18 bits per heavy atom. The molecule has 90 valence electrons. The Balaban J connectivity index is 2.69. The van der Waals surface area contributed by atoms with Crippen molar-refractivity contribution in [2.45, 2.75) is 13.8 Å². The van der Waals surface area contributed by atoms with Crippen molar-refractivity contribution in [2.75, 3.05) is 11.9 Å². The second kappa shape index (κ2) is 6.53. The van der Waals surface area contributed by atoms with E-state index in [1.165, 1.54) is 0 Å². The van der Waals surface area contributed by atoms with Crippen LogP contribution in [0.4, 0.5) is 5.69 Å². The average molecular weight is 231 g/mol. The minimum atomic E-state index is -0.909. The van der Waals surface area contributed by atoms with Crippen LogP contribution in [0.2, 0.25) is 0 Å². The third-order valence-electron chi connectivity index (χ3n) is 2.36. The van der Waals surface area contributed by atoms with Gasteiger partial charge in [0.1, 0.15) is 0 Å². The van der Waals surface area contributed by atoms with Crippen LogP contribution in [0.25, 0.3) is 0 Å². The first-order valence-corrected chi connectivity index (χ1v) is 5.52. The minimum absolute atomic E-state index is 0.295. The van der Waals surface area contributed by atoms with E-state index in [-0.39, 0.29) is 0 Å². The van der Waals surface area contributed by atoms with Gasteiger partial charge in [0.05, 0.1) is 5.56 Å². The molecule has 0 aliphatic rings. The molecule has 0 unspecified atom stereocenters. The molecule has 17 heavy (non-hydrogen) atoms. The zero-order valence-electron chi connectivity index (χ0n) is 10.1. The lowest BCUT2D eigenvalue weighted by molar-refractivity contribution is 0.0697. The Morgan fingerprint density at radius 1 is 1.41 bits per heavy atom. The molecule has 0 aliphatic carbocycles. The maximum atomic E-state index is 10.8. The SMILES string of the molecule is CC=CC(=CC)CNc1cccc(C(=O)O)c1. The molecular formula is C14H17NO2. The lowest BCUT2D eigenvalue weighted by Gasteiger charge is -2.07. The molecule has 0 atom stereocenters. The molecule has 0 saturated heterocycles. The largest absolute Gasteiger partial charge is 0.478 e. The van der Waals surface area contributed by atoms with Gasteiger partial charge in [0.25, 0.3) is 0 Å². The smallest absolute Gasteiger partial charge is 0.335 e. The lowest BCUT2D eigenvalue weighted by atomic mass is 10.2. The Bertz CT molecular complexity index is 447. The maximum absolute atomic E-state index is 10.8. The summed E-state index contributed by atoms with van der Waals surface area (Å²) in [6, 6.07) is 6.80. The second-order valence-electron chi connectivity index (χ2n) is 3.60. The van der Waals surface area contributed by atoms with Gasteiger partial charge < -0.3 is 10.4 Å². The van der Waals surface area contributed by atoms with Crippen molar-refractivity contribution < 1.29 is 9.90 Å². The number of nitrogens with one attached hydrogen (secondary N) is 1. The highest BCUT2D eigenvalue weighted by molar-refractivity contribution is 5.88. The molecule has 0 bridgehead atoms. The fraction of sp³-hybridized carbons (Fsp3) is 0.214. The summed E-state index contributed by atoms with van der Waals surface area (Å²) >= 11 is 0. The Hall–Kier alpha value is -2.03. The van der Waals surface area contributed by atoms with E-state index in [9.17, 15) is 4.79 Å². The first-order valence-electron chi connectivity index (χ1n) is 5.52. The summed E-state index contributed by atoms with van der Waals surface area (Å²) in [5, 5.41) is 12.1. The molecule has 3 heteroatoms. The Kier molecular flexibility index (Phi) is 5.01. The predicted octanol–water partition coefficient (Wildman–Crippen LogP) is 3.32. The van der Waals surface area contributed by atoms with Gasteiger partial charge in [0.15, 0.2) is 0 Å². The minimum Gasteiger partial charge on any atom is -0.478 e. The number of carboxylic acids is 1. The van der Waals surface area contributed by atoms with E-state index in [4.69, 9.17) is 5.11 Å². The molecule has 1 rings (SSSR count). The van der Waals surface area contributed by atoms with E-state index in [2.05, 4.69) is 5.32 Å². The predicted molar refractivity (Wildman–Crippen MR) is 70.5 cm³/mol. The van der Waals surface area contributed by atoms with Gasteiger partial charge >= 0.3 is 5.97 Å². The van der Waals surface area contributed by atoms with Crippen molar-refractivity contribution in [1.82, 2.24) is 0 Å². The molecule has 0 aliphatic heterocycles. The third kappa shape index (κ3) is 4.15. The zero-order chi connectivity index (χ0) is 12.7. The van der Waals surface area contributed by atoms with Crippen LogP contribution in [0.15, 0.2) is 48.1 Å². The van der Waals surface area contributed by atoms with E-state index < -0.39 is 5.97 Å². The van der Waals surface area contributed by atoms with Crippen LogP contribution in [0.5, 0.6) is 0 Å². The number of anilines is 1. The zero-order valence-corrected chi connectivity index (χ0v) is 10.1. The molecule has 0 saturated carbocycles. The van der Waals surface area contributed by atoms with Crippen LogP contribution >= 0.6 is 0 Å². The molecular weight excluding hydrogens is 214 g/mol. The molecule has 1 aromatic carbocycles. The normalized spacial score (nSPS) is 11.8. The van der Waals surface area contributed by atoms with Crippen LogP contribution < -0.4 is 5.32 Å². The van der Waals surface area contributed by atoms with Crippen molar-refractivity contribution in [2.24, 2.45) is 0 Å². The quantitative estimate of drug-likeness (QED) is 0.764. The number of carboxylic acid groups (broad SMARTS) is 1. The van der Waals surface area contributed by atoms with Crippen molar-refractivity contribution >= 4 is 11.7 Å². The van der Waals surface area contributed by atoms with Gasteiger partial charge in [0.2, 0.25) is 0 Å². The van der Waals surface area contributed by atoms with E-state index in [0.29, 0.717) is 12.1 Å². The number of allylic oxidation sites excluding steroid dienone is 2. The second-order valence-corrected chi connectivity index (χ2v) is 3.60. The molecule has 0 radical (unpaired) electrons. The molecule has 0 fully saturated rings. The van der Waals surface area contributed by atoms with Crippen molar-refractivity contribution in [1.29, 1.82) is 0 Å². The highest BCUT2D eigenvalue weighted by Crippen LogP contribution is 2.11. The van der Waals surface area contributed by atoms with E-state index in [0.717, 1.165) is 11.3 Å². The molecule has 0 spiro atoms. The number of hydrogen-bond donors (Lipinski definition) is 2. The molecule has 0 aromatic heterocycles. The van der Waals surface area contributed by atoms with Gasteiger partial charge in [-0.2, -0.15) is 0 Å². The number of carbonyl (C=O) groups is 1. The standard InChI is InChI=1S/C14H17NO2/c1-3-6-11(4-2)10-15-13-8-5-7-12(9-13)14(16)17/h3-9,15H,10H2,1-2H3,(H,16,17). The summed E-state index contributed by atoms with van der Waals surface area (Å²) in [6.07, 6.45) is 6.02. The van der Waals surface area contributed by atoms with Crippen LogP contribution in [-0.4, -0.2) is 17.6 Å². The molecule has 1 aromatic rings. The first-order chi connectivity index (χ1) is 8.17. The summed E-state index contributed by atoms with van der Waals surface area (Å²) in [6.45, 7) is 4.63. The van der Waals surface area contributed by atoms with Crippen LogP contribution in [-0.2, 0) is 0 Å². The van der Waals surface area contributed by atoms with Crippen LogP contribution in [0.3, 0.4) is 0 Å². The number of rotatable bonds is 5. The summed E-state index contributed by atoms with van der Waals surface area (Å²) in [5.41, 5.74) is 2.27. The lowest BCUT2D eigenvalue weighted by Crippen LogP contribution is -2.04. The van der Waals surface area contributed by atoms with E-state index in [1.807, 2.05) is 38.1 Å². The van der Waals surface area contributed by atoms with Crippen molar-refractivity contribution in [3.63, 3.8) is 0 Å². The average Bonchev–Trinajstić information content (AvgIpc) is 2.34. The fourth-order valence-corrected chi connectivity index (χ4v) is 1.44. The molecule has 2 N–H and O–H groups in total. The Morgan fingerprint density at radius 3 is 2.76 bits per heavy atom. The molecule has 0 amide bonds. The maximum Gasteiger partial charge on any atom is 0.335 e. The van der Waals surface area contributed by atoms with Crippen molar-refractivity contribution in [3.05, 3.63) is 53.6 Å². The van der Waals surface area contributed by atoms with E-state index in [1.54, 1.807) is 18.2 Å². The molecule has 3 nitrogen and oxygen atoms in total. The number of aromatic carboxylic acids is 1. The van der Waals surface area contributed by atoms with Gasteiger partial charge in [-0.1, -0.05) is 24.3 Å². The summed E-state index contributed by atoms with van der Waals surface area (Å²) in [5.74, 6) is -0.909. The Labute approximate surface area is 101 Å². The number of benzene rings is 1. The summed E-state index contributed by atoms with van der Waals surface area (Å²) in [4.78, 5) is 10.8. The third-order valence-corrected chi connectivity index (χ3v) is 2.36. The first kappa shape index (κ1) is 13.0. The van der Waals surface area contributed by atoms with Crippen molar-refractivity contribution in [3.8, 4) is 0 Å². The van der Waals surface area contributed by atoms with E-state index >= 15 is 0 Å². The monoisotopic (exact) mass is 231 g/mol. The van der Waals surface area contributed by atoms with Gasteiger partial charge in [0, 0.05) is 12.2 Å². The molecule has 0 heterocycles. The van der Waals surface area contributed by atoms with Gasteiger partial charge in [-0.05, 0) is 37.6 Å².